The van der Waals surface area contributed by atoms with Crippen LogP contribution in [0, 0.1) is 24.2 Å². The molecule has 57 heavy (non-hydrogen) atoms. The summed E-state index contributed by atoms with van der Waals surface area (Å²) < 4.78 is 19.0. The Hall–Kier alpha value is -5.38. The highest BCUT2D eigenvalue weighted by molar-refractivity contribution is 7.99. The predicted octanol–water partition coefficient (Wildman–Crippen LogP) is 7.33. The number of hydrogen-bond acceptors (Lipinski definition) is 11. The minimum Gasteiger partial charge on any atom is -0.493 e. The van der Waals surface area contributed by atoms with Gasteiger partial charge >= 0.3 is 12.2 Å². The minimum atomic E-state index is -0.811. The highest BCUT2D eigenvalue weighted by Gasteiger charge is 2.25. The Morgan fingerprint density at radius 2 is 1.49 bits per heavy atom. The Kier molecular flexibility index (Phi) is 15.5. The molecule has 2 saturated heterocycles. The van der Waals surface area contributed by atoms with Crippen LogP contribution >= 0.6 is 11.8 Å². The summed E-state index contributed by atoms with van der Waals surface area (Å²) in [6, 6.07) is 18.0. The number of carbonyl (C=O) groups is 3. The van der Waals surface area contributed by atoms with Crippen molar-refractivity contribution in [3.8, 4) is 23.1 Å². The van der Waals surface area contributed by atoms with E-state index in [4.69, 9.17) is 19.3 Å². The molecule has 0 radical (unpaired) electrons. The molecule has 2 N–H and O–H groups in total. The molecule has 0 atom stereocenters. The normalized spacial score (nSPS) is 15.0. The number of aromatic nitrogens is 5. The maximum Gasteiger partial charge on any atom is 0.415 e. The topological polar surface area (TPSA) is 174 Å². The van der Waals surface area contributed by atoms with Crippen LogP contribution in [0.5, 0.6) is 23.1 Å². The molecule has 0 bridgehead atoms. The predicted molar refractivity (Wildman–Crippen MR) is 216 cm³/mol. The second-order valence-electron chi connectivity index (χ2n) is 15.6. The molecule has 4 aromatic rings. The first kappa shape index (κ1) is 42.8. The molecular weight excluding hydrogens is 749 g/mol. The molecule has 306 valence electrons. The molecule has 6 rings (SSSR count). The summed E-state index contributed by atoms with van der Waals surface area (Å²) in [5.41, 5.74) is 1.79. The fourth-order valence-electron chi connectivity index (χ4n) is 6.06. The first-order chi connectivity index (χ1) is 27.3. The lowest BCUT2D eigenvalue weighted by molar-refractivity contribution is 0.0949. The largest absolute Gasteiger partial charge is 0.493 e. The van der Waals surface area contributed by atoms with Crippen LogP contribution in [0.3, 0.4) is 0 Å². The van der Waals surface area contributed by atoms with E-state index in [2.05, 4.69) is 46.6 Å². The maximum absolute atomic E-state index is 12.7. The van der Waals surface area contributed by atoms with Crippen molar-refractivity contribution < 1.29 is 33.7 Å². The van der Waals surface area contributed by atoms with Crippen LogP contribution in [0.15, 0.2) is 72.0 Å². The van der Waals surface area contributed by atoms with E-state index in [0.29, 0.717) is 74.1 Å². The van der Waals surface area contributed by atoms with Crippen molar-refractivity contribution in [3.05, 3.63) is 78.0 Å². The fraction of sp³-hybridized carbons (Fsp3) is 0.488. The van der Waals surface area contributed by atoms with Crippen LogP contribution in [0.1, 0.15) is 68.8 Å². The van der Waals surface area contributed by atoms with Crippen molar-refractivity contribution in [1.29, 1.82) is 0 Å². The molecule has 2 fully saturated rings. The first-order valence-electron chi connectivity index (χ1n) is 19.3. The SMILES string of the molecule is Cc1ccc(Oc2ccc(OCC3CCN(C(=O)Oc4ccc(C(=O)NCCC(C)(C)C)cc4)CC3)cc2)nc1.Cn1nnnc1SCC1CCN(C(=O)O)CC1. The summed E-state index contributed by atoms with van der Waals surface area (Å²) in [7, 11) is 1.81. The van der Waals surface area contributed by atoms with Crippen molar-refractivity contribution in [2.45, 2.75) is 65.0 Å². The number of thioether (sulfide) groups is 1. The average molecular weight is 803 g/mol. The summed E-state index contributed by atoms with van der Waals surface area (Å²) in [5.74, 6) is 4.17. The van der Waals surface area contributed by atoms with Gasteiger partial charge < -0.3 is 34.4 Å². The molecule has 0 saturated carbocycles. The smallest absolute Gasteiger partial charge is 0.415 e. The average Bonchev–Trinajstić information content (AvgIpc) is 3.62. The Morgan fingerprint density at radius 1 is 0.860 bits per heavy atom. The maximum atomic E-state index is 12.7. The van der Waals surface area contributed by atoms with Gasteiger partial charge in [0.25, 0.3) is 5.91 Å². The van der Waals surface area contributed by atoms with Gasteiger partial charge in [-0.2, -0.15) is 0 Å². The number of carbonyl (C=O) groups excluding carboxylic acids is 2. The van der Waals surface area contributed by atoms with Gasteiger partial charge in [0, 0.05) is 63.4 Å². The number of aryl methyl sites for hydroxylation is 2. The lowest BCUT2D eigenvalue weighted by atomic mass is 9.92. The van der Waals surface area contributed by atoms with Crippen molar-refractivity contribution >= 4 is 29.9 Å². The molecule has 2 aliphatic rings. The third-order valence-corrected chi connectivity index (χ3v) is 10.9. The van der Waals surface area contributed by atoms with E-state index in [1.807, 2.05) is 50.4 Å². The van der Waals surface area contributed by atoms with Crippen LogP contribution in [-0.4, -0.2) is 103 Å². The van der Waals surface area contributed by atoms with E-state index < -0.39 is 6.09 Å². The lowest BCUT2D eigenvalue weighted by Crippen LogP contribution is -2.41. The van der Waals surface area contributed by atoms with Crippen molar-refractivity contribution in [3.63, 3.8) is 0 Å². The molecule has 3 amide bonds. The number of hydrogen-bond donors (Lipinski definition) is 2. The number of pyridine rings is 1. The number of nitrogens with one attached hydrogen (secondary N) is 1. The Labute approximate surface area is 338 Å². The monoisotopic (exact) mass is 802 g/mol. The lowest BCUT2D eigenvalue weighted by Gasteiger charge is -2.31. The second-order valence-corrected chi connectivity index (χ2v) is 16.5. The zero-order valence-corrected chi connectivity index (χ0v) is 34.2. The fourth-order valence-corrected chi connectivity index (χ4v) is 7.09. The van der Waals surface area contributed by atoms with Gasteiger partial charge in [-0.25, -0.2) is 19.3 Å². The zero-order valence-electron chi connectivity index (χ0n) is 33.4. The van der Waals surface area contributed by atoms with Crippen LogP contribution in [0.25, 0.3) is 0 Å². The van der Waals surface area contributed by atoms with E-state index in [0.717, 1.165) is 54.3 Å². The summed E-state index contributed by atoms with van der Waals surface area (Å²) in [6.07, 6.45) is 5.00. The van der Waals surface area contributed by atoms with Crippen LogP contribution in [0.4, 0.5) is 9.59 Å². The zero-order chi connectivity index (χ0) is 40.8. The number of tetrazole rings is 1. The van der Waals surface area contributed by atoms with E-state index in [1.54, 1.807) is 51.8 Å². The number of amides is 3. The summed E-state index contributed by atoms with van der Waals surface area (Å²) in [5, 5.41) is 23.8. The van der Waals surface area contributed by atoms with Gasteiger partial charge in [-0.05, 0) is 121 Å². The van der Waals surface area contributed by atoms with Gasteiger partial charge in [0.15, 0.2) is 0 Å². The van der Waals surface area contributed by atoms with E-state index in [1.165, 1.54) is 4.90 Å². The molecule has 2 aromatic carbocycles. The minimum absolute atomic E-state index is 0.129. The molecular formula is C41H54N8O7S. The number of ether oxygens (including phenoxy) is 3. The number of benzene rings is 2. The van der Waals surface area contributed by atoms with Crippen molar-refractivity contribution in [2.24, 2.45) is 24.3 Å². The quantitative estimate of drug-likeness (QED) is 0.137. The van der Waals surface area contributed by atoms with Gasteiger partial charge in [0.2, 0.25) is 11.0 Å². The summed E-state index contributed by atoms with van der Waals surface area (Å²) in [6.45, 7) is 12.1. The molecule has 0 aliphatic carbocycles. The van der Waals surface area contributed by atoms with Gasteiger partial charge in [-0.15, -0.1) is 5.10 Å². The van der Waals surface area contributed by atoms with Gasteiger partial charge in [0.05, 0.1) is 6.61 Å². The Morgan fingerprint density at radius 3 is 2.09 bits per heavy atom. The highest BCUT2D eigenvalue weighted by Crippen LogP contribution is 2.26. The number of piperidine rings is 2. The first-order valence-corrected chi connectivity index (χ1v) is 20.3. The molecule has 2 aliphatic heterocycles. The highest BCUT2D eigenvalue weighted by atomic mass is 32.2. The van der Waals surface area contributed by atoms with E-state index in [-0.39, 0.29) is 17.4 Å². The van der Waals surface area contributed by atoms with E-state index in [9.17, 15) is 14.4 Å². The second kappa shape index (κ2) is 20.7. The molecule has 0 spiro atoms. The Balaban J connectivity index is 0.000000303. The number of rotatable bonds is 12. The van der Waals surface area contributed by atoms with Crippen LogP contribution in [0.2, 0.25) is 0 Å². The van der Waals surface area contributed by atoms with Crippen molar-refractivity contribution in [1.82, 2.24) is 40.3 Å². The Bertz CT molecular complexity index is 1870. The molecule has 16 heteroatoms. The third-order valence-electron chi connectivity index (χ3n) is 9.69. The van der Waals surface area contributed by atoms with Crippen molar-refractivity contribution in [2.75, 3.05) is 45.1 Å². The van der Waals surface area contributed by atoms with Gasteiger partial charge in [-0.1, -0.05) is 38.6 Å². The summed E-state index contributed by atoms with van der Waals surface area (Å²) in [4.78, 5) is 43.2. The summed E-state index contributed by atoms with van der Waals surface area (Å²) >= 11 is 1.63. The van der Waals surface area contributed by atoms with Gasteiger partial charge in [-0.3, -0.25) is 4.79 Å². The van der Waals surface area contributed by atoms with E-state index >= 15 is 0 Å². The molecule has 2 aromatic heterocycles. The molecule has 15 nitrogen and oxygen atoms in total. The van der Waals surface area contributed by atoms with Crippen LogP contribution in [-0.2, 0) is 7.05 Å². The third kappa shape index (κ3) is 14.3. The molecule has 4 heterocycles. The molecule has 0 unspecified atom stereocenters. The number of likely N-dealkylation sites (tertiary alicyclic amines) is 2. The number of nitrogens with zero attached hydrogens (tertiary/aromatic N) is 7. The number of carboxylic acid groups (broad SMARTS) is 1. The standard InChI is InChI=1S/C32H39N3O5.C9H15N5O2S/c1-23-5-14-29(34-21-23)39-27-12-10-26(11-13-27)38-22-24-15-19-35(20-16-24)31(37)40-28-8-6-25(7-9-28)30(36)33-18-17-32(2,3)4;1-13-8(10-11-12-13)17-6-7-2-4-14(5-3-7)9(15)16/h5-14,21,24H,15-20,22H2,1-4H3,(H,33,36);7H,2-6H2,1H3,(H,15,16). The van der Waals surface area contributed by atoms with Gasteiger partial charge in [0.1, 0.15) is 17.2 Å². The van der Waals surface area contributed by atoms with Crippen LogP contribution < -0.4 is 19.5 Å².